The van der Waals surface area contributed by atoms with Crippen molar-refractivity contribution in [1.29, 1.82) is 0 Å². The molecule has 1 amide bonds. The first-order valence-electron chi connectivity index (χ1n) is 9.83. The molecular weight excluding hydrogens is 338 g/mol. The molecule has 2 atom stereocenters. The molecule has 0 heterocycles. The van der Waals surface area contributed by atoms with Gasteiger partial charge in [-0.05, 0) is 67.9 Å². The lowest BCUT2D eigenvalue weighted by Crippen LogP contribution is -2.39. The summed E-state index contributed by atoms with van der Waals surface area (Å²) in [7, 11) is 1.61. The van der Waals surface area contributed by atoms with Crippen molar-refractivity contribution in [3.8, 4) is 11.5 Å². The molecule has 4 heteroatoms. The number of fused-ring (bicyclic) bond motifs is 1. The topological polar surface area (TPSA) is 47.6 Å². The Morgan fingerprint density at radius 1 is 1.07 bits per heavy atom. The molecule has 2 unspecified atom stereocenters. The van der Waals surface area contributed by atoms with Crippen molar-refractivity contribution in [2.24, 2.45) is 0 Å². The molecule has 1 N–H and O–H groups in total. The number of amides is 1. The van der Waals surface area contributed by atoms with Crippen LogP contribution < -0.4 is 14.8 Å². The van der Waals surface area contributed by atoms with Crippen molar-refractivity contribution < 1.29 is 14.3 Å². The molecule has 3 rings (SSSR count). The molecule has 2 aromatic carbocycles. The second kappa shape index (κ2) is 8.94. The molecule has 0 saturated heterocycles. The number of rotatable bonds is 7. The van der Waals surface area contributed by atoms with Crippen molar-refractivity contribution in [1.82, 2.24) is 5.32 Å². The van der Waals surface area contributed by atoms with Crippen LogP contribution >= 0.6 is 0 Å². The van der Waals surface area contributed by atoms with Crippen molar-refractivity contribution in [2.75, 3.05) is 7.11 Å². The lowest BCUT2D eigenvalue weighted by molar-refractivity contribution is -0.128. The van der Waals surface area contributed by atoms with Crippen LogP contribution in [0.1, 0.15) is 55.8 Å². The van der Waals surface area contributed by atoms with E-state index in [9.17, 15) is 4.79 Å². The van der Waals surface area contributed by atoms with E-state index in [-0.39, 0.29) is 11.9 Å². The van der Waals surface area contributed by atoms with Crippen LogP contribution in [0.15, 0.2) is 42.5 Å². The molecule has 2 aromatic rings. The van der Waals surface area contributed by atoms with E-state index < -0.39 is 6.10 Å². The van der Waals surface area contributed by atoms with Gasteiger partial charge in [-0.25, -0.2) is 0 Å². The molecule has 1 aliphatic carbocycles. The normalized spacial score (nSPS) is 15.4. The number of benzene rings is 2. The average molecular weight is 367 g/mol. The van der Waals surface area contributed by atoms with Crippen LogP contribution in [0, 0.1) is 0 Å². The standard InChI is InChI=1S/C23H29NO3/c1-4-22(27-21-11-7-10-20(15-21)26-3)23(25)24-16(2)18-13-12-17-8-5-6-9-19(17)14-18/h7,10-16,22H,4-6,8-9H2,1-3H3,(H,24,25). The summed E-state index contributed by atoms with van der Waals surface area (Å²) in [5.74, 6) is 1.26. The average Bonchev–Trinajstić information content (AvgIpc) is 2.71. The molecule has 0 fully saturated rings. The van der Waals surface area contributed by atoms with Gasteiger partial charge in [0.2, 0.25) is 0 Å². The molecule has 0 spiro atoms. The highest BCUT2D eigenvalue weighted by atomic mass is 16.5. The zero-order valence-corrected chi connectivity index (χ0v) is 16.5. The third-order valence-corrected chi connectivity index (χ3v) is 5.21. The number of methoxy groups -OCH3 is 1. The van der Waals surface area contributed by atoms with E-state index >= 15 is 0 Å². The maximum absolute atomic E-state index is 12.7. The predicted octanol–water partition coefficient (Wildman–Crippen LogP) is 4.61. The number of carbonyl (C=O) groups is 1. The highest BCUT2D eigenvalue weighted by Gasteiger charge is 2.21. The number of nitrogens with one attached hydrogen (secondary N) is 1. The molecule has 0 radical (unpaired) electrons. The summed E-state index contributed by atoms with van der Waals surface area (Å²) in [6.07, 6.45) is 4.91. The van der Waals surface area contributed by atoms with Crippen LogP contribution in [0.3, 0.4) is 0 Å². The van der Waals surface area contributed by atoms with Crippen LogP contribution in [-0.2, 0) is 17.6 Å². The van der Waals surface area contributed by atoms with Crippen molar-refractivity contribution >= 4 is 5.91 Å². The number of ether oxygens (including phenoxy) is 2. The summed E-state index contributed by atoms with van der Waals surface area (Å²) < 4.78 is 11.1. The largest absolute Gasteiger partial charge is 0.497 e. The van der Waals surface area contributed by atoms with Gasteiger partial charge in [-0.1, -0.05) is 31.2 Å². The third kappa shape index (κ3) is 4.82. The molecule has 1 aliphatic rings. The SMILES string of the molecule is CCC(Oc1cccc(OC)c1)C(=O)NC(C)c1ccc2c(c1)CCCC2. The van der Waals surface area contributed by atoms with E-state index in [2.05, 4.69) is 23.5 Å². The first-order valence-corrected chi connectivity index (χ1v) is 9.83. The van der Waals surface area contributed by atoms with Crippen molar-refractivity contribution in [3.05, 3.63) is 59.2 Å². The third-order valence-electron chi connectivity index (χ3n) is 5.21. The molecule has 27 heavy (non-hydrogen) atoms. The molecule has 144 valence electrons. The van der Waals surface area contributed by atoms with Gasteiger partial charge in [0.15, 0.2) is 6.10 Å². The highest BCUT2D eigenvalue weighted by Crippen LogP contribution is 2.25. The lowest BCUT2D eigenvalue weighted by Gasteiger charge is -2.23. The quantitative estimate of drug-likeness (QED) is 0.777. The minimum Gasteiger partial charge on any atom is -0.497 e. The molecular formula is C23H29NO3. The molecule has 4 nitrogen and oxygen atoms in total. The number of hydrogen-bond donors (Lipinski definition) is 1. The van der Waals surface area contributed by atoms with Crippen LogP contribution in [-0.4, -0.2) is 19.1 Å². The van der Waals surface area contributed by atoms with Crippen LogP contribution in [0.25, 0.3) is 0 Å². The van der Waals surface area contributed by atoms with Gasteiger partial charge in [0.25, 0.3) is 5.91 Å². The smallest absolute Gasteiger partial charge is 0.261 e. The van der Waals surface area contributed by atoms with Gasteiger partial charge in [-0.3, -0.25) is 4.79 Å². The Morgan fingerprint density at radius 3 is 2.56 bits per heavy atom. The zero-order valence-electron chi connectivity index (χ0n) is 16.5. The summed E-state index contributed by atoms with van der Waals surface area (Å²) in [5.41, 5.74) is 4.04. The fraction of sp³-hybridized carbons (Fsp3) is 0.435. The highest BCUT2D eigenvalue weighted by molar-refractivity contribution is 5.81. The summed E-state index contributed by atoms with van der Waals surface area (Å²) in [5, 5.41) is 3.11. The van der Waals surface area contributed by atoms with Gasteiger partial charge >= 0.3 is 0 Å². The Morgan fingerprint density at radius 2 is 1.81 bits per heavy atom. The zero-order chi connectivity index (χ0) is 19.2. The monoisotopic (exact) mass is 367 g/mol. The maximum Gasteiger partial charge on any atom is 0.261 e. The van der Waals surface area contributed by atoms with Crippen molar-refractivity contribution in [2.45, 2.75) is 58.1 Å². The molecule has 0 saturated carbocycles. The fourth-order valence-electron chi connectivity index (χ4n) is 3.57. The van der Waals surface area contributed by atoms with Crippen molar-refractivity contribution in [3.63, 3.8) is 0 Å². The minimum absolute atomic E-state index is 0.0484. The van der Waals surface area contributed by atoms with E-state index in [1.54, 1.807) is 13.2 Å². The van der Waals surface area contributed by atoms with Gasteiger partial charge in [-0.15, -0.1) is 0 Å². The molecule has 0 bridgehead atoms. The Balaban J connectivity index is 1.65. The summed E-state index contributed by atoms with van der Waals surface area (Å²) in [6, 6.07) is 13.9. The minimum atomic E-state index is -0.530. The van der Waals surface area contributed by atoms with Crippen LogP contribution in [0.5, 0.6) is 11.5 Å². The summed E-state index contributed by atoms with van der Waals surface area (Å²) >= 11 is 0. The van der Waals surface area contributed by atoms with Crippen LogP contribution in [0.2, 0.25) is 0 Å². The van der Waals surface area contributed by atoms with E-state index in [0.717, 1.165) is 12.0 Å². The number of carbonyl (C=O) groups excluding carboxylic acids is 1. The number of hydrogen-bond acceptors (Lipinski definition) is 3. The van der Waals surface area contributed by atoms with Gasteiger partial charge in [0.05, 0.1) is 13.2 Å². The first-order chi connectivity index (χ1) is 13.1. The Hall–Kier alpha value is -2.49. The van der Waals surface area contributed by atoms with E-state index in [1.807, 2.05) is 32.0 Å². The van der Waals surface area contributed by atoms with Gasteiger partial charge in [0, 0.05) is 6.07 Å². The fourth-order valence-corrected chi connectivity index (χ4v) is 3.57. The van der Waals surface area contributed by atoms with Crippen LogP contribution in [0.4, 0.5) is 0 Å². The summed E-state index contributed by atoms with van der Waals surface area (Å²) in [6.45, 7) is 3.98. The Labute approximate surface area is 161 Å². The van der Waals surface area contributed by atoms with Gasteiger partial charge in [0.1, 0.15) is 11.5 Å². The molecule has 0 aromatic heterocycles. The maximum atomic E-state index is 12.7. The second-order valence-corrected chi connectivity index (χ2v) is 7.16. The number of aryl methyl sites for hydroxylation is 2. The van der Waals surface area contributed by atoms with E-state index in [4.69, 9.17) is 9.47 Å². The lowest BCUT2D eigenvalue weighted by atomic mass is 9.89. The Bertz CT molecular complexity index is 787. The molecule has 0 aliphatic heterocycles. The van der Waals surface area contributed by atoms with Gasteiger partial charge in [-0.2, -0.15) is 0 Å². The Kier molecular flexibility index (Phi) is 6.38. The summed E-state index contributed by atoms with van der Waals surface area (Å²) in [4.78, 5) is 12.7. The van der Waals surface area contributed by atoms with E-state index in [1.165, 1.54) is 30.4 Å². The first kappa shape index (κ1) is 19.3. The van der Waals surface area contributed by atoms with Gasteiger partial charge < -0.3 is 14.8 Å². The second-order valence-electron chi connectivity index (χ2n) is 7.16. The van der Waals surface area contributed by atoms with E-state index in [0.29, 0.717) is 17.9 Å². The predicted molar refractivity (Wildman–Crippen MR) is 107 cm³/mol.